The molecule has 1 aliphatic heterocycles. The molecule has 0 spiro atoms. The van der Waals surface area contributed by atoms with Gasteiger partial charge in [-0.3, -0.25) is 4.79 Å². The highest BCUT2D eigenvalue weighted by atomic mass is 19.1. The zero-order chi connectivity index (χ0) is 14.2. The molecule has 2 N–H and O–H groups in total. The number of nitrogens with zero attached hydrogens (tertiary/aromatic N) is 1. The van der Waals surface area contributed by atoms with Gasteiger partial charge in [0.25, 0.3) is 5.91 Å². The molecule has 1 aromatic rings. The summed E-state index contributed by atoms with van der Waals surface area (Å²) in [6.45, 7) is -0.188. The van der Waals surface area contributed by atoms with Crippen molar-refractivity contribution in [2.24, 2.45) is 0 Å². The van der Waals surface area contributed by atoms with Crippen LogP contribution in [0.2, 0.25) is 0 Å². The summed E-state index contributed by atoms with van der Waals surface area (Å²) in [6.07, 6.45) is -1.07. The van der Waals surface area contributed by atoms with Gasteiger partial charge in [-0.1, -0.05) is 0 Å². The van der Waals surface area contributed by atoms with Gasteiger partial charge in [0.1, 0.15) is 17.7 Å². The summed E-state index contributed by atoms with van der Waals surface area (Å²) in [5.41, 5.74) is -0.415. The summed E-state index contributed by atoms with van der Waals surface area (Å²) in [5, 5.41) is 18.4. The van der Waals surface area contributed by atoms with Crippen LogP contribution >= 0.6 is 0 Å². The van der Waals surface area contributed by atoms with Crippen LogP contribution in [0.1, 0.15) is 16.8 Å². The fourth-order valence-electron chi connectivity index (χ4n) is 2.09. The second kappa shape index (κ2) is 4.93. The first-order valence-corrected chi connectivity index (χ1v) is 5.57. The Morgan fingerprint density at radius 3 is 2.58 bits per heavy atom. The maximum Gasteiger partial charge on any atom is 0.326 e. The third-order valence-electron chi connectivity index (χ3n) is 2.99. The fraction of sp³-hybridized carbons (Fsp3) is 0.333. The van der Waals surface area contributed by atoms with E-state index in [0.717, 1.165) is 17.0 Å². The number of aliphatic carboxylic acids is 1. The minimum Gasteiger partial charge on any atom is -0.480 e. The number of halogens is 2. The Morgan fingerprint density at radius 2 is 2.00 bits per heavy atom. The number of hydrogen-bond donors (Lipinski definition) is 2. The molecule has 0 bridgehead atoms. The fourth-order valence-corrected chi connectivity index (χ4v) is 2.09. The summed E-state index contributed by atoms with van der Waals surface area (Å²) in [4.78, 5) is 23.9. The number of β-amino-alcohol motifs (C(OH)–C–C–N with tert-alkyl or cyclic N) is 1. The van der Waals surface area contributed by atoms with Gasteiger partial charge in [-0.05, 0) is 12.1 Å². The first kappa shape index (κ1) is 13.4. The van der Waals surface area contributed by atoms with Gasteiger partial charge in [-0.25, -0.2) is 13.6 Å². The van der Waals surface area contributed by atoms with Gasteiger partial charge in [0.2, 0.25) is 0 Å². The molecule has 0 unspecified atom stereocenters. The van der Waals surface area contributed by atoms with E-state index in [1.807, 2.05) is 0 Å². The summed E-state index contributed by atoms with van der Waals surface area (Å²) < 4.78 is 26.2. The highest BCUT2D eigenvalue weighted by molar-refractivity contribution is 5.97. The van der Waals surface area contributed by atoms with Crippen LogP contribution in [0.4, 0.5) is 8.78 Å². The van der Waals surface area contributed by atoms with E-state index in [0.29, 0.717) is 6.07 Å². The first-order chi connectivity index (χ1) is 8.90. The number of carbonyl (C=O) groups is 2. The molecule has 5 nitrogen and oxygen atoms in total. The van der Waals surface area contributed by atoms with Crippen LogP contribution in [-0.2, 0) is 4.79 Å². The third-order valence-corrected chi connectivity index (χ3v) is 2.99. The average molecular weight is 271 g/mol. The summed E-state index contributed by atoms with van der Waals surface area (Å²) in [5.74, 6) is -4.03. The number of rotatable bonds is 2. The van der Waals surface area contributed by atoms with Crippen LogP contribution < -0.4 is 0 Å². The van der Waals surface area contributed by atoms with Crippen molar-refractivity contribution in [3.8, 4) is 0 Å². The number of amides is 1. The molecule has 1 saturated heterocycles. The second-order valence-corrected chi connectivity index (χ2v) is 4.33. The number of carboxylic acid groups (broad SMARTS) is 1. The number of carboxylic acids is 1. The molecule has 0 saturated carbocycles. The summed E-state index contributed by atoms with van der Waals surface area (Å²) in [6, 6.07) is 1.22. The van der Waals surface area contributed by atoms with E-state index in [1.54, 1.807) is 0 Å². The van der Waals surface area contributed by atoms with Gasteiger partial charge in [-0.2, -0.15) is 0 Å². The Morgan fingerprint density at radius 1 is 1.32 bits per heavy atom. The van der Waals surface area contributed by atoms with E-state index in [1.165, 1.54) is 0 Å². The van der Waals surface area contributed by atoms with E-state index in [9.17, 15) is 23.5 Å². The van der Waals surface area contributed by atoms with Crippen LogP contribution in [0, 0.1) is 11.6 Å². The molecule has 7 heteroatoms. The molecular weight excluding hydrogens is 260 g/mol. The highest BCUT2D eigenvalue weighted by Crippen LogP contribution is 2.22. The molecule has 0 aliphatic carbocycles. The number of aliphatic hydroxyl groups is 1. The van der Waals surface area contributed by atoms with E-state index in [4.69, 9.17) is 5.11 Å². The minimum absolute atomic E-state index is 0.107. The monoisotopic (exact) mass is 271 g/mol. The Hall–Kier alpha value is -2.02. The molecule has 19 heavy (non-hydrogen) atoms. The quantitative estimate of drug-likeness (QED) is 0.826. The van der Waals surface area contributed by atoms with E-state index < -0.39 is 41.2 Å². The van der Waals surface area contributed by atoms with Crippen molar-refractivity contribution in [2.45, 2.75) is 18.6 Å². The predicted molar refractivity (Wildman–Crippen MR) is 59.4 cm³/mol. The largest absolute Gasteiger partial charge is 0.480 e. The SMILES string of the molecule is O=C(O)[C@@H]1C[C@H](O)CN1C(=O)c1ccc(F)cc1F. The van der Waals surface area contributed by atoms with Crippen LogP contribution in [0.25, 0.3) is 0 Å². The molecule has 0 aromatic heterocycles. The maximum absolute atomic E-state index is 13.5. The number of aliphatic hydroxyl groups excluding tert-OH is 1. The van der Waals surface area contributed by atoms with Crippen LogP contribution in [0.5, 0.6) is 0 Å². The van der Waals surface area contributed by atoms with Crippen molar-refractivity contribution in [3.05, 3.63) is 35.4 Å². The average Bonchev–Trinajstić information content (AvgIpc) is 2.70. The lowest BCUT2D eigenvalue weighted by molar-refractivity contribution is -0.141. The van der Waals surface area contributed by atoms with Gasteiger partial charge in [0, 0.05) is 19.0 Å². The summed E-state index contributed by atoms with van der Waals surface area (Å²) in [7, 11) is 0. The van der Waals surface area contributed by atoms with Crippen LogP contribution in [0.15, 0.2) is 18.2 Å². The van der Waals surface area contributed by atoms with Crippen LogP contribution in [-0.4, -0.2) is 45.7 Å². The summed E-state index contributed by atoms with van der Waals surface area (Å²) >= 11 is 0. The topological polar surface area (TPSA) is 77.8 Å². The highest BCUT2D eigenvalue weighted by Gasteiger charge is 2.39. The van der Waals surface area contributed by atoms with Crippen molar-refractivity contribution in [2.75, 3.05) is 6.54 Å². The Balaban J connectivity index is 2.30. The van der Waals surface area contributed by atoms with Crippen molar-refractivity contribution >= 4 is 11.9 Å². The van der Waals surface area contributed by atoms with Crippen LogP contribution in [0.3, 0.4) is 0 Å². The standard InChI is InChI=1S/C12H11F2NO4/c13-6-1-2-8(9(14)3-6)11(17)15-5-7(16)4-10(15)12(18)19/h1-3,7,10,16H,4-5H2,(H,18,19)/t7-,10-/m0/s1. The molecule has 2 rings (SSSR count). The van der Waals surface area contributed by atoms with Gasteiger partial charge in [0.05, 0.1) is 11.7 Å². The number of hydrogen-bond acceptors (Lipinski definition) is 3. The van der Waals surface area contributed by atoms with Crippen molar-refractivity contribution in [1.29, 1.82) is 0 Å². The molecule has 0 radical (unpaired) electrons. The van der Waals surface area contributed by atoms with Gasteiger partial charge in [0.15, 0.2) is 0 Å². The minimum atomic E-state index is -1.27. The van der Waals surface area contributed by atoms with Crippen molar-refractivity contribution < 1.29 is 28.6 Å². The normalized spacial score (nSPS) is 22.6. The molecule has 1 aliphatic rings. The second-order valence-electron chi connectivity index (χ2n) is 4.33. The van der Waals surface area contributed by atoms with E-state index in [-0.39, 0.29) is 13.0 Å². The lowest BCUT2D eigenvalue weighted by atomic mass is 10.1. The first-order valence-electron chi connectivity index (χ1n) is 5.57. The molecule has 1 fully saturated rings. The van der Waals surface area contributed by atoms with E-state index in [2.05, 4.69) is 0 Å². The Kier molecular flexibility index (Phi) is 3.48. The van der Waals surface area contributed by atoms with Crippen molar-refractivity contribution in [3.63, 3.8) is 0 Å². The zero-order valence-electron chi connectivity index (χ0n) is 9.72. The maximum atomic E-state index is 13.5. The zero-order valence-corrected chi connectivity index (χ0v) is 9.72. The van der Waals surface area contributed by atoms with Crippen molar-refractivity contribution in [1.82, 2.24) is 4.90 Å². The van der Waals surface area contributed by atoms with Gasteiger partial charge < -0.3 is 15.1 Å². The lowest BCUT2D eigenvalue weighted by Crippen LogP contribution is -2.40. The lowest BCUT2D eigenvalue weighted by Gasteiger charge is -2.21. The molecule has 102 valence electrons. The Bertz CT molecular complexity index is 534. The van der Waals surface area contributed by atoms with Gasteiger partial charge >= 0.3 is 5.97 Å². The molecule has 1 amide bonds. The third kappa shape index (κ3) is 2.55. The molecular formula is C12H11F2NO4. The predicted octanol–water partition coefficient (Wildman–Crippen LogP) is 0.625. The molecule has 1 aromatic carbocycles. The Labute approximate surface area is 107 Å². The molecule has 1 heterocycles. The molecule has 2 atom stereocenters. The smallest absolute Gasteiger partial charge is 0.326 e. The number of likely N-dealkylation sites (tertiary alicyclic amines) is 1. The number of benzene rings is 1. The number of carbonyl (C=O) groups excluding carboxylic acids is 1. The van der Waals surface area contributed by atoms with Gasteiger partial charge in [-0.15, -0.1) is 0 Å². The van der Waals surface area contributed by atoms with E-state index >= 15 is 0 Å².